The molecule has 0 aliphatic rings. The molecule has 0 atom stereocenters. The van der Waals surface area contributed by atoms with Crippen LogP contribution in [0.25, 0.3) is 0 Å². The van der Waals surface area contributed by atoms with E-state index in [1.54, 1.807) is 6.20 Å². The highest BCUT2D eigenvalue weighted by Crippen LogP contribution is 2.18. The first-order chi connectivity index (χ1) is 7.33. The van der Waals surface area contributed by atoms with Crippen LogP contribution in [0.5, 0.6) is 0 Å². The minimum absolute atomic E-state index is 0.192. The minimum Gasteiger partial charge on any atom is -0.287 e. The van der Waals surface area contributed by atoms with Crippen molar-refractivity contribution in [3.05, 3.63) is 37.1 Å². The van der Waals surface area contributed by atoms with Gasteiger partial charge in [-0.2, -0.15) is 0 Å². The number of carbonyl (C=O) groups excluding carboxylic acids is 1. The summed E-state index contributed by atoms with van der Waals surface area (Å²) in [5.41, 5.74) is 0. The van der Waals surface area contributed by atoms with E-state index >= 15 is 0 Å². The Kier molecular flexibility index (Phi) is 5.78. The van der Waals surface area contributed by atoms with E-state index < -0.39 is 0 Å². The lowest BCUT2D eigenvalue weighted by molar-refractivity contribution is -0.111. The quantitative estimate of drug-likeness (QED) is 0.418. The van der Waals surface area contributed by atoms with Gasteiger partial charge < -0.3 is 0 Å². The van der Waals surface area contributed by atoms with Gasteiger partial charge in [-0.25, -0.2) is 4.98 Å². The molecule has 1 aromatic rings. The Morgan fingerprint density at radius 2 is 2.33 bits per heavy atom. The second kappa shape index (κ2) is 7.23. The molecule has 3 heteroatoms. The molecule has 0 bridgehead atoms. The normalized spacial score (nSPS) is 9.87. The fourth-order valence-electron chi connectivity index (χ4n) is 1.13. The number of hydrogen-bond acceptors (Lipinski definition) is 3. The Morgan fingerprint density at radius 3 is 3.00 bits per heavy atom. The zero-order valence-electron chi connectivity index (χ0n) is 8.69. The third-order valence-electron chi connectivity index (χ3n) is 1.90. The van der Waals surface area contributed by atoms with Gasteiger partial charge >= 0.3 is 0 Å². The van der Waals surface area contributed by atoms with Crippen molar-refractivity contribution in [2.75, 3.05) is 0 Å². The number of thioether (sulfide) groups is 1. The van der Waals surface area contributed by atoms with Gasteiger partial charge in [0.25, 0.3) is 0 Å². The van der Waals surface area contributed by atoms with Gasteiger partial charge in [0.1, 0.15) is 5.03 Å². The highest BCUT2D eigenvalue weighted by molar-refractivity contribution is 8.13. The molecule has 0 fully saturated rings. The summed E-state index contributed by atoms with van der Waals surface area (Å²) in [5.74, 6) is 0. The third-order valence-corrected chi connectivity index (χ3v) is 2.78. The highest BCUT2D eigenvalue weighted by Gasteiger charge is 2.04. The average molecular weight is 221 g/mol. The Balaban J connectivity index is 2.22. The van der Waals surface area contributed by atoms with Crippen molar-refractivity contribution in [1.82, 2.24) is 4.98 Å². The maximum atomic E-state index is 11.5. The zero-order chi connectivity index (χ0) is 10.9. The molecule has 0 N–H and O–H groups in total. The van der Waals surface area contributed by atoms with Crippen LogP contribution in [0.15, 0.2) is 42.1 Å². The van der Waals surface area contributed by atoms with Crippen molar-refractivity contribution in [2.24, 2.45) is 0 Å². The summed E-state index contributed by atoms with van der Waals surface area (Å²) in [7, 11) is 0. The number of allylic oxidation sites excluding steroid dienone is 1. The lowest BCUT2D eigenvalue weighted by Gasteiger charge is -1.98. The summed E-state index contributed by atoms with van der Waals surface area (Å²) < 4.78 is 0. The van der Waals surface area contributed by atoms with Crippen LogP contribution in [0.1, 0.15) is 25.7 Å². The van der Waals surface area contributed by atoms with Crippen molar-refractivity contribution in [1.29, 1.82) is 0 Å². The van der Waals surface area contributed by atoms with E-state index in [-0.39, 0.29) is 5.12 Å². The number of hydrogen-bond donors (Lipinski definition) is 0. The molecule has 0 amide bonds. The molecule has 0 unspecified atom stereocenters. The Labute approximate surface area is 94.8 Å². The molecule has 0 aliphatic carbocycles. The van der Waals surface area contributed by atoms with Crippen molar-refractivity contribution >= 4 is 16.9 Å². The van der Waals surface area contributed by atoms with Crippen molar-refractivity contribution in [3.8, 4) is 0 Å². The average Bonchev–Trinajstić information content (AvgIpc) is 2.26. The van der Waals surface area contributed by atoms with Gasteiger partial charge in [-0.3, -0.25) is 4.79 Å². The summed E-state index contributed by atoms with van der Waals surface area (Å²) in [5, 5.41) is 0.976. The summed E-state index contributed by atoms with van der Waals surface area (Å²) in [6, 6.07) is 5.59. The van der Waals surface area contributed by atoms with E-state index in [0.717, 1.165) is 24.3 Å². The number of unbranched alkanes of at least 4 members (excludes halogenated alkanes) is 2. The van der Waals surface area contributed by atoms with Crippen LogP contribution in [0, 0.1) is 0 Å². The fraction of sp³-hybridized carbons (Fsp3) is 0.333. The van der Waals surface area contributed by atoms with Crippen molar-refractivity contribution in [3.63, 3.8) is 0 Å². The standard InChI is InChI=1S/C12H15NOS/c1-2-3-4-5-9-12(14)15-11-8-6-7-10-13-11/h2,6-8,10H,1,3-5,9H2. The van der Waals surface area contributed by atoms with Gasteiger partial charge in [-0.05, 0) is 43.2 Å². The maximum Gasteiger partial charge on any atom is 0.195 e. The van der Waals surface area contributed by atoms with Crippen LogP contribution in [0.4, 0.5) is 0 Å². The molecular weight excluding hydrogens is 206 g/mol. The van der Waals surface area contributed by atoms with Crippen LogP contribution >= 0.6 is 11.8 Å². The molecule has 0 aromatic carbocycles. The van der Waals surface area contributed by atoms with E-state index in [0.29, 0.717) is 6.42 Å². The molecule has 15 heavy (non-hydrogen) atoms. The second-order valence-electron chi connectivity index (χ2n) is 3.18. The molecular formula is C12H15NOS. The van der Waals surface area contributed by atoms with Crippen LogP contribution in [-0.4, -0.2) is 10.1 Å². The van der Waals surface area contributed by atoms with Gasteiger partial charge in [-0.1, -0.05) is 12.1 Å². The monoisotopic (exact) mass is 221 g/mol. The molecule has 1 aromatic heterocycles. The third kappa shape index (κ3) is 5.37. The first kappa shape index (κ1) is 12.0. The van der Waals surface area contributed by atoms with Crippen molar-refractivity contribution < 1.29 is 4.79 Å². The molecule has 0 saturated heterocycles. The lowest BCUT2D eigenvalue weighted by Crippen LogP contribution is -1.92. The Morgan fingerprint density at radius 1 is 1.47 bits per heavy atom. The molecule has 0 aliphatic heterocycles. The topological polar surface area (TPSA) is 30.0 Å². The molecule has 1 rings (SSSR count). The lowest BCUT2D eigenvalue weighted by atomic mass is 10.2. The number of carbonyl (C=O) groups is 1. The van der Waals surface area contributed by atoms with Crippen LogP contribution in [0.3, 0.4) is 0 Å². The van der Waals surface area contributed by atoms with Crippen LogP contribution < -0.4 is 0 Å². The molecule has 0 spiro atoms. The van der Waals surface area contributed by atoms with E-state index in [1.807, 2.05) is 24.3 Å². The summed E-state index contributed by atoms with van der Waals surface area (Å²) >= 11 is 1.23. The number of aromatic nitrogens is 1. The predicted octanol–water partition coefficient (Wildman–Crippen LogP) is 3.45. The minimum atomic E-state index is 0.192. The first-order valence-corrected chi connectivity index (χ1v) is 5.87. The summed E-state index contributed by atoms with van der Waals surface area (Å²) in [4.78, 5) is 15.6. The maximum absolute atomic E-state index is 11.5. The van der Waals surface area contributed by atoms with Gasteiger partial charge in [0.05, 0.1) is 0 Å². The number of rotatable bonds is 6. The summed E-state index contributed by atoms with van der Waals surface area (Å²) in [6.45, 7) is 3.64. The van der Waals surface area contributed by atoms with Crippen LogP contribution in [0.2, 0.25) is 0 Å². The number of nitrogens with zero attached hydrogens (tertiary/aromatic N) is 1. The molecule has 2 nitrogen and oxygen atoms in total. The van der Waals surface area contributed by atoms with Gasteiger partial charge in [0.2, 0.25) is 0 Å². The Bertz CT molecular complexity index is 311. The molecule has 0 radical (unpaired) electrons. The van der Waals surface area contributed by atoms with Crippen molar-refractivity contribution in [2.45, 2.75) is 30.7 Å². The van der Waals surface area contributed by atoms with E-state index in [2.05, 4.69) is 11.6 Å². The smallest absolute Gasteiger partial charge is 0.195 e. The summed E-state index contributed by atoms with van der Waals surface area (Å²) in [6.07, 6.45) is 7.17. The van der Waals surface area contributed by atoms with E-state index in [1.165, 1.54) is 11.8 Å². The van der Waals surface area contributed by atoms with E-state index in [4.69, 9.17) is 0 Å². The van der Waals surface area contributed by atoms with Crippen LogP contribution in [-0.2, 0) is 4.79 Å². The molecule has 0 saturated carbocycles. The Hall–Kier alpha value is -1.09. The highest BCUT2D eigenvalue weighted by atomic mass is 32.2. The zero-order valence-corrected chi connectivity index (χ0v) is 9.50. The predicted molar refractivity (Wildman–Crippen MR) is 63.8 cm³/mol. The SMILES string of the molecule is C=CCCCCC(=O)Sc1ccccn1. The second-order valence-corrected chi connectivity index (χ2v) is 4.25. The first-order valence-electron chi connectivity index (χ1n) is 5.05. The fourth-order valence-corrected chi connectivity index (χ4v) is 1.87. The van der Waals surface area contributed by atoms with E-state index in [9.17, 15) is 4.79 Å². The van der Waals surface area contributed by atoms with Gasteiger partial charge in [0, 0.05) is 12.6 Å². The molecule has 1 heterocycles. The largest absolute Gasteiger partial charge is 0.287 e. The number of pyridine rings is 1. The van der Waals surface area contributed by atoms with Gasteiger partial charge in [-0.15, -0.1) is 6.58 Å². The van der Waals surface area contributed by atoms with Gasteiger partial charge in [0.15, 0.2) is 5.12 Å². The molecule has 80 valence electrons.